The van der Waals surface area contributed by atoms with Crippen molar-refractivity contribution in [1.29, 1.82) is 0 Å². The van der Waals surface area contributed by atoms with E-state index in [1.807, 2.05) is 12.1 Å². The summed E-state index contributed by atoms with van der Waals surface area (Å²) in [6, 6.07) is 5.45. The Morgan fingerprint density at radius 1 is 1.07 bits per heavy atom. The highest BCUT2D eigenvalue weighted by molar-refractivity contribution is 5.35. The number of aromatic nitrogens is 2. The molecule has 0 bridgehead atoms. The number of hydrogen-bond donors (Lipinski definition) is 2. The fourth-order valence-electron chi connectivity index (χ4n) is 1.50. The molecule has 2 aliphatic rings. The zero-order chi connectivity index (χ0) is 10.1. The molecule has 0 unspecified atom stereocenters. The van der Waals surface area contributed by atoms with Crippen molar-refractivity contribution in [3.63, 3.8) is 0 Å². The molecule has 0 spiro atoms. The maximum Gasteiger partial charge on any atom is 0.148 e. The Morgan fingerprint density at radius 3 is 2.47 bits per heavy atom. The maximum absolute atomic E-state index is 4.18. The van der Waals surface area contributed by atoms with Gasteiger partial charge in [-0.25, -0.2) is 0 Å². The summed E-state index contributed by atoms with van der Waals surface area (Å²) < 4.78 is 0. The van der Waals surface area contributed by atoms with E-state index in [1.54, 1.807) is 0 Å². The lowest BCUT2D eigenvalue weighted by molar-refractivity contribution is 0.665. The first kappa shape index (κ1) is 9.09. The third-order valence-electron chi connectivity index (χ3n) is 2.80. The normalized spacial score (nSPS) is 20.3. The van der Waals surface area contributed by atoms with Gasteiger partial charge < -0.3 is 10.6 Å². The molecule has 0 amide bonds. The van der Waals surface area contributed by atoms with E-state index < -0.39 is 0 Å². The van der Waals surface area contributed by atoms with Crippen molar-refractivity contribution in [2.45, 2.75) is 44.3 Å². The Kier molecular flexibility index (Phi) is 2.29. The van der Waals surface area contributed by atoms with Crippen LogP contribution in [0.4, 0.5) is 5.82 Å². The van der Waals surface area contributed by atoms with Crippen molar-refractivity contribution in [1.82, 2.24) is 15.5 Å². The van der Waals surface area contributed by atoms with Crippen LogP contribution in [0.3, 0.4) is 0 Å². The standard InChI is InChI=1S/C11H16N4/c1-2-8(1)12-7-10-5-6-11(15-14-10)13-9-3-4-9/h5-6,8-9,12H,1-4,7H2,(H,13,15). The van der Waals surface area contributed by atoms with Gasteiger partial charge in [0.2, 0.25) is 0 Å². The molecular weight excluding hydrogens is 188 g/mol. The summed E-state index contributed by atoms with van der Waals surface area (Å²) >= 11 is 0. The number of nitrogens with one attached hydrogen (secondary N) is 2. The molecule has 1 heterocycles. The van der Waals surface area contributed by atoms with Crippen LogP contribution >= 0.6 is 0 Å². The first-order chi connectivity index (χ1) is 7.40. The first-order valence-electron chi connectivity index (χ1n) is 5.73. The van der Waals surface area contributed by atoms with Gasteiger partial charge >= 0.3 is 0 Å². The molecule has 2 saturated carbocycles. The molecule has 2 aliphatic carbocycles. The van der Waals surface area contributed by atoms with Gasteiger partial charge in [0.15, 0.2) is 0 Å². The molecule has 4 heteroatoms. The van der Waals surface area contributed by atoms with Crippen LogP contribution in [0, 0.1) is 0 Å². The topological polar surface area (TPSA) is 49.8 Å². The fraction of sp³-hybridized carbons (Fsp3) is 0.636. The zero-order valence-corrected chi connectivity index (χ0v) is 8.74. The number of nitrogens with zero attached hydrogens (tertiary/aromatic N) is 2. The first-order valence-corrected chi connectivity index (χ1v) is 5.73. The molecule has 2 fully saturated rings. The minimum Gasteiger partial charge on any atom is -0.366 e. The van der Waals surface area contributed by atoms with Crippen molar-refractivity contribution >= 4 is 5.82 Å². The second-order valence-electron chi connectivity index (χ2n) is 4.48. The number of hydrogen-bond acceptors (Lipinski definition) is 4. The minimum absolute atomic E-state index is 0.648. The molecule has 0 aliphatic heterocycles. The predicted molar refractivity (Wildman–Crippen MR) is 58.5 cm³/mol. The summed E-state index contributed by atoms with van der Waals surface area (Å²) in [6.07, 6.45) is 5.17. The van der Waals surface area contributed by atoms with Gasteiger partial charge in [-0.05, 0) is 37.8 Å². The molecule has 80 valence electrons. The van der Waals surface area contributed by atoms with Crippen molar-refractivity contribution in [3.05, 3.63) is 17.8 Å². The van der Waals surface area contributed by atoms with Crippen LogP contribution in [0.15, 0.2) is 12.1 Å². The minimum atomic E-state index is 0.648. The average molecular weight is 204 g/mol. The molecule has 1 aromatic heterocycles. The monoisotopic (exact) mass is 204 g/mol. The van der Waals surface area contributed by atoms with E-state index >= 15 is 0 Å². The van der Waals surface area contributed by atoms with Crippen molar-refractivity contribution in [2.24, 2.45) is 0 Å². The van der Waals surface area contributed by atoms with Crippen LogP contribution in [0.25, 0.3) is 0 Å². The maximum atomic E-state index is 4.18. The van der Waals surface area contributed by atoms with Crippen molar-refractivity contribution < 1.29 is 0 Å². The largest absolute Gasteiger partial charge is 0.366 e. The van der Waals surface area contributed by atoms with Crippen LogP contribution in [0.1, 0.15) is 31.4 Å². The van der Waals surface area contributed by atoms with E-state index in [0.29, 0.717) is 6.04 Å². The highest BCUT2D eigenvalue weighted by Crippen LogP contribution is 2.23. The van der Waals surface area contributed by atoms with Crippen LogP contribution < -0.4 is 10.6 Å². The molecule has 0 aromatic carbocycles. The molecule has 15 heavy (non-hydrogen) atoms. The lowest BCUT2D eigenvalue weighted by Gasteiger charge is -2.04. The Morgan fingerprint density at radius 2 is 1.87 bits per heavy atom. The van der Waals surface area contributed by atoms with Crippen molar-refractivity contribution in [3.8, 4) is 0 Å². The summed E-state index contributed by atoms with van der Waals surface area (Å²) in [5.74, 6) is 0.910. The lowest BCUT2D eigenvalue weighted by Crippen LogP contribution is -2.16. The van der Waals surface area contributed by atoms with Gasteiger partial charge in [0.05, 0.1) is 5.69 Å². The summed E-state index contributed by atoms with van der Waals surface area (Å²) in [5, 5.41) is 15.1. The Labute approximate surface area is 89.5 Å². The second kappa shape index (κ2) is 3.77. The Bertz CT molecular complexity index is 327. The summed E-state index contributed by atoms with van der Waals surface area (Å²) in [5.41, 5.74) is 1.03. The van der Waals surface area contributed by atoms with Crippen LogP contribution in [-0.4, -0.2) is 22.3 Å². The predicted octanol–water partition coefficient (Wildman–Crippen LogP) is 1.30. The smallest absolute Gasteiger partial charge is 0.148 e. The van der Waals surface area contributed by atoms with Crippen molar-refractivity contribution in [2.75, 3.05) is 5.32 Å². The molecule has 1 aromatic rings. The third kappa shape index (κ3) is 2.65. The quantitative estimate of drug-likeness (QED) is 0.759. The van der Waals surface area contributed by atoms with Gasteiger partial charge in [-0.3, -0.25) is 0 Å². The van der Waals surface area contributed by atoms with E-state index in [2.05, 4.69) is 20.8 Å². The average Bonchev–Trinajstić information content (AvgIpc) is 3.12. The highest BCUT2D eigenvalue weighted by atomic mass is 15.2. The molecule has 2 N–H and O–H groups in total. The van der Waals surface area contributed by atoms with Gasteiger partial charge in [-0.15, -0.1) is 5.10 Å². The van der Waals surface area contributed by atoms with Gasteiger partial charge in [0.25, 0.3) is 0 Å². The second-order valence-corrected chi connectivity index (χ2v) is 4.48. The van der Waals surface area contributed by atoms with E-state index in [9.17, 15) is 0 Å². The summed E-state index contributed by atoms with van der Waals surface area (Å²) in [6.45, 7) is 0.849. The van der Waals surface area contributed by atoms with E-state index in [4.69, 9.17) is 0 Å². The molecular formula is C11H16N4. The van der Waals surface area contributed by atoms with Gasteiger partial charge in [0, 0.05) is 18.6 Å². The Hall–Kier alpha value is -1.16. The SMILES string of the molecule is c1cc(NC2CC2)nnc1CNC1CC1. The molecule has 4 nitrogen and oxygen atoms in total. The summed E-state index contributed by atoms with van der Waals surface area (Å²) in [4.78, 5) is 0. The molecule has 0 radical (unpaired) electrons. The zero-order valence-electron chi connectivity index (χ0n) is 8.74. The van der Waals surface area contributed by atoms with E-state index in [0.717, 1.165) is 24.1 Å². The third-order valence-corrected chi connectivity index (χ3v) is 2.80. The van der Waals surface area contributed by atoms with Gasteiger partial charge in [0.1, 0.15) is 5.82 Å². The Balaban J connectivity index is 1.53. The van der Waals surface area contributed by atoms with Crippen LogP contribution in [0.2, 0.25) is 0 Å². The van der Waals surface area contributed by atoms with Gasteiger partial charge in [-0.2, -0.15) is 5.10 Å². The van der Waals surface area contributed by atoms with Gasteiger partial charge in [-0.1, -0.05) is 0 Å². The number of rotatable bonds is 5. The van der Waals surface area contributed by atoms with E-state index in [1.165, 1.54) is 25.7 Å². The van der Waals surface area contributed by atoms with Crippen LogP contribution in [-0.2, 0) is 6.54 Å². The lowest BCUT2D eigenvalue weighted by atomic mass is 10.3. The van der Waals surface area contributed by atoms with E-state index in [-0.39, 0.29) is 0 Å². The van der Waals surface area contributed by atoms with Crippen LogP contribution in [0.5, 0.6) is 0 Å². The number of anilines is 1. The molecule has 3 rings (SSSR count). The fourth-order valence-corrected chi connectivity index (χ4v) is 1.50. The highest BCUT2D eigenvalue weighted by Gasteiger charge is 2.22. The summed E-state index contributed by atoms with van der Waals surface area (Å²) in [7, 11) is 0. The molecule has 0 atom stereocenters. The molecule has 0 saturated heterocycles.